The van der Waals surface area contributed by atoms with E-state index < -0.39 is 0 Å². The minimum absolute atomic E-state index is 0.0732. The quantitative estimate of drug-likeness (QED) is 0.299. The van der Waals surface area contributed by atoms with Gasteiger partial charge in [-0.05, 0) is 68.7 Å². The molecule has 1 aromatic carbocycles. The van der Waals surface area contributed by atoms with Gasteiger partial charge in [-0.1, -0.05) is 15.9 Å². The summed E-state index contributed by atoms with van der Waals surface area (Å²) in [5, 5.41) is 5.43. The highest BCUT2D eigenvalue weighted by Crippen LogP contribution is 2.32. The summed E-state index contributed by atoms with van der Waals surface area (Å²) in [5.74, 6) is -0.342. The number of halogens is 2. The molecule has 2 unspecified atom stereocenters. The molecule has 0 radical (unpaired) electrons. The van der Waals surface area contributed by atoms with Crippen LogP contribution in [0.15, 0.2) is 35.1 Å². The number of rotatable bonds is 9. The third-order valence-corrected chi connectivity index (χ3v) is 6.89. The van der Waals surface area contributed by atoms with E-state index in [2.05, 4.69) is 26.0 Å². The number of hydrogen-bond acceptors (Lipinski definition) is 6. The molecule has 0 bridgehead atoms. The lowest BCUT2D eigenvalue weighted by Crippen LogP contribution is -2.23. The van der Waals surface area contributed by atoms with Crippen molar-refractivity contribution in [2.24, 2.45) is 0 Å². The average Bonchev–Trinajstić information content (AvgIpc) is 3.30. The highest BCUT2D eigenvalue weighted by Gasteiger charge is 2.20. The number of fused-ring (bicyclic) bond motifs is 1. The maximum absolute atomic E-state index is 15.1. The predicted molar refractivity (Wildman–Crippen MR) is 133 cm³/mol. The predicted octanol–water partition coefficient (Wildman–Crippen LogP) is 6.15. The summed E-state index contributed by atoms with van der Waals surface area (Å²) in [7, 11) is 0. The molecule has 4 heterocycles. The van der Waals surface area contributed by atoms with Gasteiger partial charge in [0.15, 0.2) is 12.5 Å². The average molecular weight is 548 g/mol. The third-order valence-electron chi connectivity index (χ3n) is 6.44. The second-order valence-electron chi connectivity index (χ2n) is 9.03. The summed E-state index contributed by atoms with van der Waals surface area (Å²) in [6.45, 7) is 2.89. The summed E-state index contributed by atoms with van der Waals surface area (Å²) in [6.07, 6.45) is 10.5. The van der Waals surface area contributed by atoms with Crippen molar-refractivity contribution in [1.82, 2.24) is 14.8 Å². The first-order valence-electron chi connectivity index (χ1n) is 12.4. The van der Waals surface area contributed by atoms with Crippen LogP contribution in [0.1, 0.15) is 56.7 Å². The summed E-state index contributed by atoms with van der Waals surface area (Å²) in [5.41, 5.74) is 2.63. The fraction of sp³-hybridized carbons (Fsp3) is 0.538. The minimum atomic E-state index is -0.342. The Kier molecular flexibility index (Phi) is 8.41. The SMILES string of the molecule is Fc1cc(Br)cc(COCCCOC2CCCCO2)c1-c1cc2cnn(C3CCCCO3)c2cn1. The molecule has 2 aliphatic heterocycles. The number of ether oxygens (including phenoxy) is 4. The molecule has 5 rings (SSSR count). The lowest BCUT2D eigenvalue weighted by atomic mass is 10.0. The van der Waals surface area contributed by atoms with Crippen molar-refractivity contribution in [3.8, 4) is 11.3 Å². The van der Waals surface area contributed by atoms with Crippen LogP contribution in [0.2, 0.25) is 0 Å². The van der Waals surface area contributed by atoms with Gasteiger partial charge in [0, 0.05) is 35.2 Å². The maximum Gasteiger partial charge on any atom is 0.157 e. The molecule has 35 heavy (non-hydrogen) atoms. The first-order valence-corrected chi connectivity index (χ1v) is 13.2. The zero-order valence-electron chi connectivity index (χ0n) is 19.8. The first kappa shape index (κ1) is 24.8. The monoisotopic (exact) mass is 547 g/mol. The van der Waals surface area contributed by atoms with E-state index >= 15 is 4.39 Å². The molecule has 188 valence electrons. The van der Waals surface area contributed by atoms with Gasteiger partial charge in [0.1, 0.15) is 5.82 Å². The van der Waals surface area contributed by atoms with Crippen molar-refractivity contribution in [2.75, 3.05) is 26.4 Å². The van der Waals surface area contributed by atoms with E-state index in [-0.39, 0.29) is 24.9 Å². The van der Waals surface area contributed by atoms with E-state index in [1.54, 1.807) is 12.4 Å². The summed E-state index contributed by atoms with van der Waals surface area (Å²) < 4.78 is 40.8. The molecule has 2 atom stereocenters. The van der Waals surface area contributed by atoms with E-state index in [9.17, 15) is 0 Å². The Bertz CT molecular complexity index is 1130. The molecule has 0 saturated carbocycles. The van der Waals surface area contributed by atoms with E-state index in [0.29, 0.717) is 28.9 Å². The highest BCUT2D eigenvalue weighted by molar-refractivity contribution is 9.10. The van der Waals surface area contributed by atoms with Crippen LogP contribution in [0, 0.1) is 5.82 Å². The van der Waals surface area contributed by atoms with E-state index in [4.69, 9.17) is 18.9 Å². The zero-order chi connectivity index (χ0) is 24.0. The smallest absolute Gasteiger partial charge is 0.157 e. The summed E-state index contributed by atoms with van der Waals surface area (Å²) >= 11 is 3.41. The van der Waals surface area contributed by atoms with Gasteiger partial charge in [0.2, 0.25) is 0 Å². The Morgan fingerprint density at radius 3 is 2.69 bits per heavy atom. The Labute approximate surface area is 213 Å². The molecule has 3 aromatic rings. The zero-order valence-corrected chi connectivity index (χ0v) is 21.3. The Balaban J connectivity index is 1.26. The van der Waals surface area contributed by atoms with Crippen LogP contribution >= 0.6 is 15.9 Å². The number of nitrogens with zero attached hydrogens (tertiary/aromatic N) is 3. The van der Waals surface area contributed by atoms with Gasteiger partial charge in [-0.3, -0.25) is 4.98 Å². The number of aromatic nitrogens is 3. The molecule has 7 nitrogen and oxygen atoms in total. The largest absolute Gasteiger partial charge is 0.377 e. The molecular weight excluding hydrogens is 517 g/mol. The standard InChI is InChI=1S/C26H31BrFN3O4/c27-20-12-19(17-32-8-5-11-35-25-7-2-4-10-34-25)26(21(28)14-20)22-13-18-15-30-31(23(18)16-29-22)24-6-1-3-9-33-24/h12-16,24-25H,1-11,17H2. The first-order chi connectivity index (χ1) is 17.2. The molecule has 2 aliphatic rings. The normalized spacial score (nSPS) is 21.0. The van der Waals surface area contributed by atoms with Crippen LogP contribution in [0.25, 0.3) is 22.2 Å². The van der Waals surface area contributed by atoms with Crippen LogP contribution in [-0.4, -0.2) is 47.5 Å². The second-order valence-corrected chi connectivity index (χ2v) is 9.95. The Hall–Kier alpha value is -1.91. The molecule has 2 saturated heterocycles. The van der Waals surface area contributed by atoms with Crippen molar-refractivity contribution in [3.05, 3.63) is 46.4 Å². The van der Waals surface area contributed by atoms with Crippen molar-refractivity contribution < 1.29 is 23.3 Å². The number of benzene rings is 1. The van der Waals surface area contributed by atoms with Gasteiger partial charge in [0.05, 0.1) is 36.8 Å². The van der Waals surface area contributed by atoms with Crippen LogP contribution < -0.4 is 0 Å². The lowest BCUT2D eigenvalue weighted by Gasteiger charge is -2.23. The van der Waals surface area contributed by atoms with Gasteiger partial charge < -0.3 is 18.9 Å². The molecule has 2 fully saturated rings. The van der Waals surface area contributed by atoms with Crippen molar-refractivity contribution >= 4 is 26.8 Å². The summed E-state index contributed by atoms with van der Waals surface area (Å²) in [6, 6.07) is 5.23. The van der Waals surface area contributed by atoms with Crippen molar-refractivity contribution in [2.45, 2.75) is 64.1 Å². The fourth-order valence-electron chi connectivity index (χ4n) is 4.66. The fourth-order valence-corrected chi connectivity index (χ4v) is 5.13. The van der Waals surface area contributed by atoms with Crippen LogP contribution in [-0.2, 0) is 25.6 Å². The second kappa shape index (κ2) is 11.9. The minimum Gasteiger partial charge on any atom is -0.377 e. The number of hydrogen-bond donors (Lipinski definition) is 0. The van der Waals surface area contributed by atoms with Gasteiger partial charge >= 0.3 is 0 Å². The maximum atomic E-state index is 15.1. The summed E-state index contributed by atoms with van der Waals surface area (Å²) in [4.78, 5) is 4.60. The molecule has 0 N–H and O–H groups in total. The Morgan fingerprint density at radius 1 is 1.03 bits per heavy atom. The van der Waals surface area contributed by atoms with Gasteiger partial charge in [-0.25, -0.2) is 9.07 Å². The van der Waals surface area contributed by atoms with Crippen LogP contribution in [0.5, 0.6) is 0 Å². The Morgan fingerprint density at radius 2 is 1.89 bits per heavy atom. The molecular formula is C26H31BrFN3O4. The van der Waals surface area contributed by atoms with Crippen LogP contribution in [0.4, 0.5) is 4.39 Å². The molecule has 9 heteroatoms. The van der Waals surface area contributed by atoms with Crippen LogP contribution in [0.3, 0.4) is 0 Å². The highest BCUT2D eigenvalue weighted by atomic mass is 79.9. The topological polar surface area (TPSA) is 67.6 Å². The third kappa shape index (κ3) is 6.09. The van der Waals surface area contributed by atoms with Gasteiger partial charge in [0.25, 0.3) is 0 Å². The molecule has 0 amide bonds. The molecule has 2 aromatic heterocycles. The number of pyridine rings is 1. The van der Waals surface area contributed by atoms with E-state index in [1.165, 1.54) is 6.07 Å². The van der Waals surface area contributed by atoms with E-state index in [0.717, 1.165) is 74.6 Å². The van der Waals surface area contributed by atoms with Gasteiger partial charge in [-0.2, -0.15) is 5.10 Å². The molecule has 0 aliphatic carbocycles. The van der Waals surface area contributed by atoms with Crippen molar-refractivity contribution in [1.29, 1.82) is 0 Å². The van der Waals surface area contributed by atoms with Gasteiger partial charge in [-0.15, -0.1) is 0 Å². The molecule has 0 spiro atoms. The lowest BCUT2D eigenvalue weighted by molar-refractivity contribution is -0.164. The van der Waals surface area contributed by atoms with E-state index in [1.807, 2.05) is 16.8 Å². The van der Waals surface area contributed by atoms with Crippen molar-refractivity contribution in [3.63, 3.8) is 0 Å².